The Labute approximate surface area is 153 Å². The van der Waals surface area contributed by atoms with Crippen LogP contribution in [0.3, 0.4) is 0 Å². The quantitative estimate of drug-likeness (QED) is 0.724. The number of amides is 1. The molecule has 1 fully saturated rings. The Kier molecular flexibility index (Phi) is 7.96. The number of nitrogens with two attached hydrogens (primary N) is 1. The van der Waals surface area contributed by atoms with Crippen molar-refractivity contribution in [2.45, 2.75) is 37.7 Å². The molecule has 1 aliphatic carbocycles. The number of fused-ring (bicyclic) bond motifs is 1. The van der Waals surface area contributed by atoms with Gasteiger partial charge in [-0.25, -0.2) is 4.98 Å². The van der Waals surface area contributed by atoms with Gasteiger partial charge in [-0.05, 0) is 31.0 Å². The van der Waals surface area contributed by atoms with Crippen LogP contribution >= 0.6 is 24.8 Å². The number of ether oxygens (including phenoxy) is 1. The van der Waals surface area contributed by atoms with E-state index in [1.807, 2.05) is 18.2 Å². The van der Waals surface area contributed by atoms with Crippen LogP contribution in [-0.2, 0) is 9.53 Å². The summed E-state index contributed by atoms with van der Waals surface area (Å²) in [6.07, 6.45) is 3.70. The minimum Gasteiger partial charge on any atom is -0.380 e. The van der Waals surface area contributed by atoms with E-state index < -0.39 is 0 Å². The maximum Gasteiger partial charge on any atom is 0.227 e. The monoisotopic (exact) mass is 374 g/mol. The second-order valence-electron chi connectivity index (χ2n) is 5.83. The predicted molar refractivity (Wildman–Crippen MR) is 100 cm³/mol. The maximum absolute atomic E-state index is 12.0. The normalized spacial score (nSPS) is 15.1. The van der Waals surface area contributed by atoms with Crippen LogP contribution in [0.2, 0.25) is 0 Å². The number of H-pyrrole nitrogens is 1. The number of carbonyl (C=O) groups is 1. The van der Waals surface area contributed by atoms with E-state index in [9.17, 15) is 4.79 Å². The van der Waals surface area contributed by atoms with Gasteiger partial charge in [0, 0.05) is 25.3 Å². The van der Waals surface area contributed by atoms with Gasteiger partial charge in [-0.2, -0.15) is 0 Å². The lowest BCUT2D eigenvalue weighted by Crippen LogP contribution is -2.28. The molecule has 0 bridgehead atoms. The Hall–Kier alpha value is -1.34. The Morgan fingerprint density at radius 3 is 2.79 bits per heavy atom. The molecule has 8 heteroatoms. The minimum absolute atomic E-state index is 0. The van der Waals surface area contributed by atoms with Gasteiger partial charge in [-0.1, -0.05) is 6.42 Å². The summed E-state index contributed by atoms with van der Waals surface area (Å²) in [5.41, 5.74) is 8.19. The van der Waals surface area contributed by atoms with Crippen molar-refractivity contribution in [2.75, 3.05) is 19.0 Å². The number of imidazole rings is 1. The Morgan fingerprint density at radius 2 is 2.21 bits per heavy atom. The number of rotatable bonds is 6. The standard InChI is InChI=1S/C16H22N4O2.2ClH/c1-22-12(9-17)8-15(21)18-11-5-6-13-14(7-11)20-16(19-13)10-3-2-4-10;;/h5-7,10,12H,2-4,8-9,17H2,1H3,(H,18,21)(H,19,20);2*1H. The van der Waals surface area contributed by atoms with Crippen LogP contribution in [0.25, 0.3) is 11.0 Å². The molecule has 1 heterocycles. The highest BCUT2D eigenvalue weighted by atomic mass is 35.5. The van der Waals surface area contributed by atoms with Crippen molar-refractivity contribution < 1.29 is 9.53 Å². The summed E-state index contributed by atoms with van der Waals surface area (Å²) >= 11 is 0. The molecule has 2 aromatic rings. The highest BCUT2D eigenvalue weighted by molar-refractivity contribution is 5.93. The molecule has 24 heavy (non-hydrogen) atoms. The third kappa shape index (κ3) is 4.60. The van der Waals surface area contributed by atoms with Crippen molar-refractivity contribution in [1.82, 2.24) is 9.97 Å². The number of halogens is 2. The average molecular weight is 375 g/mol. The summed E-state index contributed by atoms with van der Waals surface area (Å²) in [5.74, 6) is 1.53. The second kappa shape index (κ2) is 9.22. The van der Waals surface area contributed by atoms with Crippen LogP contribution in [0.15, 0.2) is 18.2 Å². The van der Waals surface area contributed by atoms with Gasteiger partial charge in [-0.15, -0.1) is 24.8 Å². The van der Waals surface area contributed by atoms with Crippen molar-refractivity contribution >= 4 is 47.4 Å². The summed E-state index contributed by atoms with van der Waals surface area (Å²) in [7, 11) is 1.56. The minimum atomic E-state index is -0.249. The fraction of sp³-hybridized carbons (Fsp3) is 0.500. The van der Waals surface area contributed by atoms with E-state index in [1.165, 1.54) is 19.3 Å². The molecule has 134 valence electrons. The zero-order valence-electron chi connectivity index (χ0n) is 13.6. The fourth-order valence-corrected chi connectivity index (χ4v) is 2.66. The Balaban J connectivity index is 0.00000144. The number of aromatic nitrogens is 2. The molecule has 1 unspecified atom stereocenters. The van der Waals surface area contributed by atoms with Crippen molar-refractivity contribution in [3.8, 4) is 0 Å². The molecular weight excluding hydrogens is 351 g/mol. The first-order chi connectivity index (χ1) is 10.7. The molecule has 3 rings (SSSR count). The lowest BCUT2D eigenvalue weighted by Gasteiger charge is -2.22. The van der Waals surface area contributed by atoms with E-state index in [2.05, 4.69) is 15.3 Å². The van der Waals surface area contributed by atoms with E-state index in [0.29, 0.717) is 12.5 Å². The molecule has 1 aromatic heterocycles. The molecule has 1 saturated carbocycles. The van der Waals surface area contributed by atoms with Crippen molar-refractivity contribution in [3.63, 3.8) is 0 Å². The lowest BCUT2D eigenvalue weighted by molar-refractivity contribution is -0.118. The van der Waals surface area contributed by atoms with Gasteiger partial charge in [-0.3, -0.25) is 4.79 Å². The van der Waals surface area contributed by atoms with Gasteiger partial charge in [0.25, 0.3) is 0 Å². The van der Waals surface area contributed by atoms with Crippen LogP contribution in [-0.4, -0.2) is 35.6 Å². The average Bonchev–Trinajstić information content (AvgIpc) is 2.85. The molecule has 1 atom stereocenters. The number of carbonyl (C=O) groups excluding carboxylic acids is 1. The van der Waals surface area contributed by atoms with Gasteiger partial charge in [0.1, 0.15) is 5.82 Å². The van der Waals surface area contributed by atoms with E-state index in [-0.39, 0.29) is 43.2 Å². The Morgan fingerprint density at radius 1 is 1.46 bits per heavy atom. The first-order valence-electron chi connectivity index (χ1n) is 7.72. The number of aromatic amines is 1. The zero-order chi connectivity index (χ0) is 15.5. The topological polar surface area (TPSA) is 93.0 Å². The first-order valence-corrected chi connectivity index (χ1v) is 7.72. The molecule has 1 amide bonds. The molecule has 1 aliphatic rings. The lowest BCUT2D eigenvalue weighted by atomic mass is 9.85. The summed E-state index contributed by atoms with van der Waals surface area (Å²) < 4.78 is 5.12. The molecular formula is C16H24Cl2N4O2. The molecule has 0 spiro atoms. The molecule has 1 aromatic carbocycles. The van der Waals surface area contributed by atoms with Crippen LogP contribution in [0, 0.1) is 0 Å². The van der Waals surface area contributed by atoms with Crippen LogP contribution in [0.1, 0.15) is 37.4 Å². The van der Waals surface area contributed by atoms with Gasteiger partial charge in [0.15, 0.2) is 0 Å². The third-order valence-electron chi connectivity index (χ3n) is 4.29. The highest BCUT2D eigenvalue weighted by Gasteiger charge is 2.22. The fourth-order valence-electron chi connectivity index (χ4n) is 2.66. The summed E-state index contributed by atoms with van der Waals surface area (Å²) in [6.45, 7) is 0.328. The summed E-state index contributed by atoms with van der Waals surface area (Å²) in [4.78, 5) is 20.0. The molecule has 0 aliphatic heterocycles. The van der Waals surface area contributed by atoms with Crippen LogP contribution in [0.5, 0.6) is 0 Å². The van der Waals surface area contributed by atoms with Crippen molar-refractivity contribution in [2.24, 2.45) is 5.73 Å². The van der Waals surface area contributed by atoms with Gasteiger partial charge in [0.2, 0.25) is 5.91 Å². The number of hydrogen-bond acceptors (Lipinski definition) is 4. The third-order valence-corrected chi connectivity index (χ3v) is 4.29. The summed E-state index contributed by atoms with van der Waals surface area (Å²) in [6, 6.07) is 5.73. The number of hydrogen-bond donors (Lipinski definition) is 3. The number of benzene rings is 1. The first kappa shape index (κ1) is 20.7. The Bertz CT molecular complexity index is 669. The van der Waals surface area contributed by atoms with Gasteiger partial charge in [0.05, 0.1) is 23.6 Å². The van der Waals surface area contributed by atoms with Gasteiger partial charge >= 0.3 is 0 Å². The summed E-state index contributed by atoms with van der Waals surface area (Å²) in [5, 5.41) is 2.88. The van der Waals surface area contributed by atoms with Crippen molar-refractivity contribution in [1.29, 1.82) is 0 Å². The van der Waals surface area contributed by atoms with E-state index in [0.717, 1.165) is 22.5 Å². The van der Waals surface area contributed by atoms with Crippen molar-refractivity contribution in [3.05, 3.63) is 24.0 Å². The highest BCUT2D eigenvalue weighted by Crippen LogP contribution is 2.35. The predicted octanol–water partition coefficient (Wildman–Crippen LogP) is 2.98. The number of methoxy groups -OCH3 is 1. The number of anilines is 1. The van der Waals surface area contributed by atoms with Gasteiger partial charge < -0.3 is 20.8 Å². The molecule has 0 saturated heterocycles. The molecule has 0 radical (unpaired) electrons. The smallest absolute Gasteiger partial charge is 0.227 e. The molecule has 4 N–H and O–H groups in total. The number of nitrogens with one attached hydrogen (secondary N) is 2. The van der Waals surface area contributed by atoms with Crippen LogP contribution in [0.4, 0.5) is 5.69 Å². The molecule has 6 nitrogen and oxygen atoms in total. The number of nitrogens with zero attached hydrogens (tertiary/aromatic N) is 1. The SMILES string of the molecule is COC(CN)CC(=O)Nc1ccc2nc(C3CCC3)[nH]c2c1.Cl.Cl. The zero-order valence-corrected chi connectivity index (χ0v) is 15.2. The van der Waals surface area contributed by atoms with Crippen LogP contribution < -0.4 is 11.1 Å². The van der Waals surface area contributed by atoms with E-state index in [1.54, 1.807) is 7.11 Å². The maximum atomic E-state index is 12.0. The van der Waals surface area contributed by atoms with E-state index >= 15 is 0 Å². The van der Waals surface area contributed by atoms with E-state index in [4.69, 9.17) is 10.5 Å². The largest absolute Gasteiger partial charge is 0.380 e. The second-order valence-corrected chi connectivity index (χ2v) is 5.83.